The number of benzene rings is 1. The maximum atomic E-state index is 12.2. The van der Waals surface area contributed by atoms with E-state index in [1.807, 2.05) is 6.07 Å². The van der Waals surface area contributed by atoms with Crippen LogP contribution in [0.3, 0.4) is 0 Å². The van der Waals surface area contributed by atoms with Gasteiger partial charge < -0.3 is 16.0 Å². The Morgan fingerprint density at radius 2 is 2.17 bits per heavy atom. The van der Waals surface area contributed by atoms with Gasteiger partial charge in [-0.2, -0.15) is 0 Å². The minimum atomic E-state index is -0.379. The molecule has 1 aromatic rings. The van der Waals surface area contributed by atoms with E-state index in [-0.39, 0.29) is 37.0 Å². The third-order valence-electron chi connectivity index (χ3n) is 4.10. The molecule has 7 heteroatoms. The molecule has 3 rings (SSSR count). The van der Waals surface area contributed by atoms with Gasteiger partial charge >= 0.3 is 6.03 Å². The van der Waals surface area contributed by atoms with Crippen LogP contribution in [-0.4, -0.2) is 41.9 Å². The summed E-state index contributed by atoms with van der Waals surface area (Å²) in [6.45, 7) is 1.11. The number of amides is 4. The molecule has 2 saturated heterocycles. The zero-order valence-electron chi connectivity index (χ0n) is 12.8. The highest BCUT2D eigenvalue weighted by Gasteiger charge is 2.28. The lowest BCUT2D eigenvalue weighted by molar-refractivity contribution is -0.125. The van der Waals surface area contributed by atoms with Crippen LogP contribution in [0.5, 0.6) is 0 Å². The molecule has 3 N–H and O–H groups in total. The van der Waals surface area contributed by atoms with Crippen molar-refractivity contribution in [1.82, 2.24) is 15.5 Å². The Labute approximate surface area is 134 Å². The Hall–Kier alpha value is -2.41. The van der Waals surface area contributed by atoms with Gasteiger partial charge in [0.15, 0.2) is 0 Å². The topological polar surface area (TPSA) is 90.5 Å². The molecule has 0 aliphatic carbocycles. The lowest BCUT2D eigenvalue weighted by atomic mass is 10.0. The summed E-state index contributed by atoms with van der Waals surface area (Å²) in [6, 6.07) is 6.69. The molecule has 1 unspecified atom stereocenters. The van der Waals surface area contributed by atoms with Gasteiger partial charge in [0, 0.05) is 5.69 Å². The monoisotopic (exact) mass is 316 g/mol. The van der Waals surface area contributed by atoms with E-state index in [1.54, 1.807) is 18.2 Å². The van der Waals surface area contributed by atoms with Gasteiger partial charge in [0.1, 0.15) is 0 Å². The van der Waals surface area contributed by atoms with Crippen LogP contribution in [0.2, 0.25) is 0 Å². The first-order chi connectivity index (χ1) is 11.1. The first kappa shape index (κ1) is 15.5. The van der Waals surface area contributed by atoms with Crippen LogP contribution in [-0.2, 0) is 16.1 Å². The fraction of sp³-hybridized carbons (Fsp3) is 0.438. The van der Waals surface area contributed by atoms with Crippen LogP contribution in [0.4, 0.5) is 10.5 Å². The van der Waals surface area contributed by atoms with Crippen LogP contribution in [0, 0.1) is 0 Å². The second kappa shape index (κ2) is 6.78. The Kier molecular flexibility index (Phi) is 4.57. The molecular formula is C16H20N4O3. The zero-order valence-corrected chi connectivity index (χ0v) is 12.8. The highest BCUT2D eigenvalue weighted by molar-refractivity contribution is 6.01. The van der Waals surface area contributed by atoms with Gasteiger partial charge in [-0.25, -0.2) is 4.79 Å². The molecular weight excluding hydrogens is 296 g/mol. The number of nitrogens with one attached hydrogen (secondary N) is 3. The summed E-state index contributed by atoms with van der Waals surface area (Å²) in [5.74, 6) is -0.285. The SMILES string of the molecule is O=C(Nc1cccc(CN2C(=O)CNC2=O)c1)C1CCCCN1. The third-order valence-corrected chi connectivity index (χ3v) is 4.10. The number of rotatable bonds is 4. The second-order valence-electron chi connectivity index (χ2n) is 5.83. The molecule has 1 aromatic carbocycles. The van der Waals surface area contributed by atoms with Crippen molar-refractivity contribution in [3.8, 4) is 0 Å². The maximum absolute atomic E-state index is 12.2. The van der Waals surface area contributed by atoms with Crippen molar-refractivity contribution in [2.45, 2.75) is 31.8 Å². The number of hydrogen-bond donors (Lipinski definition) is 3. The summed E-state index contributed by atoms with van der Waals surface area (Å²) < 4.78 is 0. The molecule has 2 aliphatic heterocycles. The Balaban J connectivity index is 1.64. The largest absolute Gasteiger partial charge is 0.329 e. The first-order valence-electron chi connectivity index (χ1n) is 7.85. The van der Waals surface area contributed by atoms with Crippen LogP contribution < -0.4 is 16.0 Å². The van der Waals surface area contributed by atoms with Crippen molar-refractivity contribution in [3.05, 3.63) is 29.8 Å². The summed E-state index contributed by atoms with van der Waals surface area (Å²) in [5, 5.41) is 8.59. The van der Waals surface area contributed by atoms with Crippen LogP contribution >= 0.6 is 0 Å². The van der Waals surface area contributed by atoms with E-state index in [2.05, 4.69) is 16.0 Å². The molecule has 1 atom stereocenters. The van der Waals surface area contributed by atoms with Gasteiger partial charge in [-0.05, 0) is 37.1 Å². The third kappa shape index (κ3) is 3.68. The summed E-state index contributed by atoms with van der Waals surface area (Å²) in [6.07, 6.45) is 3.00. The molecule has 4 amide bonds. The number of piperidine rings is 1. The lowest BCUT2D eigenvalue weighted by Crippen LogP contribution is -2.43. The highest BCUT2D eigenvalue weighted by atomic mass is 16.2. The predicted octanol–water partition coefficient (Wildman–Crippen LogP) is 0.819. The van der Waals surface area contributed by atoms with Crippen LogP contribution in [0.15, 0.2) is 24.3 Å². The Bertz CT molecular complexity index is 610. The standard InChI is InChI=1S/C16H20N4O3/c21-14-9-18-16(23)20(14)10-11-4-3-5-12(8-11)19-15(22)13-6-1-2-7-17-13/h3-5,8,13,17H,1-2,6-7,9-10H2,(H,18,23)(H,19,22). The molecule has 0 bridgehead atoms. The minimum Gasteiger partial charge on any atom is -0.329 e. The molecule has 2 heterocycles. The van der Waals surface area contributed by atoms with E-state index in [0.29, 0.717) is 5.69 Å². The highest BCUT2D eigenvalue weighted by Crippen LogP contribution is 2.16. The number of carbonyl (C=O) groups excluding carboxylic acids is 3. The molecule has 2 fully saturated rings. The fourth-order valence-electron chi connectivity index (χ4n) is 2.85. The van der Waals surface area contributed by atoms with Gasteiger partial charge in [-0.15, -0.1) is 0 Å². The second-order valence-corrected chi connectivity index (χ2v) is 5.83. The van der Waals surface area contributed by atoms with Gasteiger partial charge in [0.2, 0.25) is 11.8 Å². The van der Waals surface area contributed by atoms with E-state index < -0.39 is 0 Å². The van der Waals surface area contributed by atoms with Crippen molar-refractivity contribution in [1.29, 1.82) is 0 Å². The number of imide groups is 1. The number of hydrogen-bond acceptors (Lipinski definition) is 4. The number of urea groups is 1. The average molecular weight is 316 g/mol. The smallest absolute Gasteiger partial charge is 0.324 e. The van der Waals surface area contributed by atoms with Crippen LogP contribution in [0.25, 0.3) is 0 Å². The van der Waals surface area contributed by atoms with Gasteiger partial charge in [-0.1, -0.05) is 18.6 Å². The van der Waals surface area contributed by atoms with Gasteiger partial charge in [0.05, 0.1) is 19.1 Å². The molecule has 2 aliphatic rings. The van der Waals surface area contributed by atoms with Gasteiger partial charge in [-0.3, -0.25) is 14.5 Å². The maximum Gasteiger partial charge on any atom is 0.324 e. The van der Waals surface area contributed by atoms with Crippen LogP contribution in [0.1, 0.15) is 24.8 Å². The fourth-order valence-corrected chi connectivity index (χ4v) is 2.85. The average Bonchev–Trinajstić information content (AvgIpc) is 2.88. The molecule has 7 nitrogen and oxygen atoms in total. The first-order valence-corrected chi connectivity index (χ1v) is 7.85. The number of nitrogens with zero attached hydrogens (tertiary/aromatic N) is 1. The van der Waals surface area contributed by atoms with Crippen molar-refractivity contribution < 1.29 is 14.4 Å². The minimum absolute atomic E-state index is 0.0443. The van der Waals surface area contributed by atoms with E-state index in [1.165, 1.54) is 4.90 Å². The van der Waals surface area contributed by atoms with Gasteiger partial charge in [0.25, 0.3) is 0 Å². The molecule has 0 radical (unpaired) electrons. The van der Waals surface area contributed by atoms with E-state index >= 15 is 0 Å². The number of carbonyl (C=O) groups is 3. The molecule has 23 heavy (non-hydrogen) atoms. The van der Waals surface area contributed by atoms with Crippen molar-refractivity contribution in [2.24, 2.45) is 0 Å². The molecule has 0 saturated carbocycles. The summed E-state index contributed by atoms with van der Waals surface area (Å²) in [4.78, 5) is 36.6. The molecule has 0 aromatic heterocycles. The van der Waals surface area contributed by atoms with E-state index in [9.17, 15) is 14.4 Å². The summed E-state index contributed by atoms with van der Waals surface area (Å²) in [5.41, 5.74) is 1.47. The molecule has 0 spiro atoms. The van der Waals surface area contributed by atoms with E-state index in [4.69, 9.17) is 0 Å². The molecule has 122 valence electrons. The summed E-state index contributed by atoms with van der Waals surface area (Å²) in [7, 11) is 0. The summed E-state index contributed by atoms with van der Waals surface area (Å²) >= 11 is 0. The van der Waals surface area contributed by atoms with Crippen molar-refractivity contribution in [3.63, 3.8) is 0 Å². The lowest BCUT2D eigenvalue weighted by Gasteiger charge is -2.22. The number of anilines is 1. The van der Waals surface area contributed by atoms with E-state index in [0.717, 1.165) is 31.4 Å². The quantitative estimate of drug-likeness (QED) is 0.717. The predicted molar refractivity (Wildman–Crippen MR) is 84.7 cm³/mol. The Morgan fingerprint density at radius 3 is 2.87 bits per heavy atom. The normalized spacial score (nSPS) is 21.2. The van der Waals surface area contributed by atoms with Crippen molar-refractivity contribution >= 4 is 23.5 Å². The zero-order chi connectivity index (χ0) is 16.2. The van der Waals surface area contributed by atoms with Crippen molar-refractivity contribution in [2.75, 3.05) is 18.4 Å². The Morgan fingerprint density at radius 1 is 1.30 bits per heavy atom.